The number of para-hydroxylation sites is 1. The predicted molar refractivity (Wildman–Crippen MR) is 115 cm³/mol. The normalized spacial score (nSPS) is 11.6. The Hall–Kier alpha value is -3.52. The van der Waals surface area contributed by atoms with E-state index < -0.39 is 0 Å². The third kappa shape index (κ3) is 3.74. The number of aryl methyl sites for hydroxylation is 1. The number of carbonyl (C=O) groups is 1. The quantitative estimate of drug-likeness (QED) is 0.388. The molecular formula is C21H20N6OS. The molecule has 3 heterocycles. The highest BCUT2D eigenvalue weighted by Crippen LogP contribution is 2.27. The van der Waals surface area contributed by atoms with Crippen LogP contribution in [-0.2, 0) is 0 Å². The molecule has 29 heavy (non-hydrogen) atoms. The molecule has 0 unspecified atom stereocenters. The number of rotatable bonds is 5. The maximum absolute atomic E-state index is 12.5. The number of carbonyl (C=O) groups excluding carboxylic acids is 1. The molecule has 0 bridgehead atoms. The van der Waals surface area contributed by atoms with Crippen molar-refractivity contribution in [2.24, 2.45) is 5.10 Å². The zero-order valence-corrected chi connectivity index (χ0v) is 17.1. The van der Waals surface area contributed by atoms with Crippen LogP contribution in [0, 0.1) is 13.8 Å². The number of aromatic amines is 1. The van der Waals surface area contributed by atoms with Crippen LogP contribution in [0.25, 0.3) is 16.9 Å². The molecule has 146 valence electrons. The lowest BCUT2D eigenvalue weighted by molar-refractivity contribution is 0.0950. The highest BCUT2D eigenvalue weighted by Gasteiger charge is 2.19. The van der Waals surface area contributed by atoms with Gasteiger partial charge in [0.15, 0.2) is 0 Å². The summed E-state index contributed by atoms with van der Waals surface area (Å²) in [6, 6.07) is 15.5. The van der Waals surface area contributed by atoms with Crippen molar-refractivity contribution >= 4 is 23.0 Å². The number of hydrogen-bond acceptors (Lipinski definition) is 5. The van der Waals surface area contributed by atoms with E-state index in [0.717, 1.165) is 33.2 Å². The Morgan fingerprint density at radius 2 is 1.97 bits per heavy atom. The highest BCUT2D eigenvalue weighted by atomic mass is 32.1. The van der Waals surface area contributed by atoms with Crippen molar-refractivity contribution in [2.75, 3.05) is 0 Å². The molecule has 1 aromatic carbocycles. The second kappa shape index (κ2) is 7.84. The third-order valence-corrected chi connectivity index (χ3v) is 5.55. The summed E-state index contributed by atoms with van der Waals surface area (Å²) in [5.41, 5.74) is 8.03. The Morgan fingerprint density at radius 3 is 2.69 bits per heavy atom. The Labute approximate surface area is 172 Å². The topological polar surface area (TPSA) is 88.0 Å². The average molecular weight is 404 g/mol. The van der Waals surface area contributed by atoms with Crippen molar-refractivity contribution in [3.63, 3.8) is 0 Å². The van der Waals surface area contributed by atoms with Crippen molar-refractivity contribution in [1.29, 1.82) is 0 Å². The SMILES string of the molecule is C/C(=N\NC(=O)c1cc(-c2c(C)nn(-c3ccccc3)c2C)n[nH]1)c1cccs1. The van der Waals surface area contributed by atoms with E-state index in [1.807, 2.05) is 73.3 Å². The van der Waals surface area contributed by atoms with Gasteiger partial charge >= 0.3 is 0 Å². The molecule has 0 saturated carbocycles. The molecule has 4 aromatic rings. The van der Waals surface area contributed by atoms with Crippen molar-refractivity contribution in [2.45, 2.75) is 20.8 Å². The number of nitrogens with zero attached hydrogens (tertiary/aromatic N) is 4. The molecule has 0 aliphatic carbocycles. The van der Waals surface area contributed by atoms with Gasteiger partial charge in [-0.05, 0) is 50.4 Å². The number of aromatic nitrogens is 4. The summed E-state index contributed by atoms with van der Waals surface area (Å²) in [4.78, 5) is 13.5. The van der Waals surface area contributed by atoms with Gasteiger partial charge in [0.2, 0.25) is 0 Å². The molecule has 8 heteroatoms. The summed E-state index contributed by atoms with van der Waals surface area (Å²) in [5, 5.41) is 17.9. The van der Waals surface area contributed by atoms with Crippen LogP contribution in [0.4, 0.5) is 0 Å². The van der Waals surface area contributed by atoms with Crippen molar-refractivity contribution in [3.05, 3.63) is 75.9 Å². The van der Waals surface area contributed by atoms with Gasteiger partial charge < -0.3 is 0 Å². The van der Waals surface area contributed by atoms with Gasteiger partial charge in [-0.25, -0.2) is 10.1 Å². The van der Waals surface area contributed by atoms with Gasteiger partial charge in [0.25, 0.3) is 5.91 Å². The maximum Gasteiger partial charge on any atom is 0.289 e. The molecule has 7 nitrogen and oxygen atoms in total. The molecule has 0 spiro atoms. The zero-order valence-electron chi connectivity index (χ0n) is 16.3. The first-order valence-electron chi connectivity index (χ1n) is 9.10. The van der Waals surface area contributed by atoms with Crippen LogP contribution in [0.5, 0.6) is 0 Å². The first kappa shape index (κ1) is 18.8. The second-order valence-corrected chi connectivity index (χ2v) is 7.52. The van der Waals surface area contributed by atoms with Gasteiger partial charge in [0.05, 0.1) is 28.5 Å². The van der Waals surface area contributed by atoms with Gasteiger partial charge in [0.1, 0.15) is 5.69 Å². The first-order chi connectivity index (χ1) is 14.0. The molecule has 1 amide bonds. The van der Waals surface area contributed by atoms with Gasteiger partial charge in [0, 0.05) is 10.4 Å². The second-order valence-electron chi connectivity index (χ2n) is 6.58. The van der Waals surface area contributed by atoms with E-state index in [9.17, 15) is 4.79 Å². The zero-order chi connectivity index (χ0) is 20.4. The number of hydrazone groups is 1. The number of nitrogens with one attached hydrogen (secondary N) is 2. The molecular weight excluding hydrogens is 384 g/mol. The van der Waals surface area contributed by atoms with Gasteiger partial charge in [-0.3, -0.25) is 9.89 Å². The fourth-order valence-electron chi connectivity index (χ4n) is 3.13. The Morgan fingerprint density at radius 1 is 1.17 bits per heavy atom. The standard InChI is InChI=1S/C21H20N6OS/c1-13(19-10-7-11-29-19)22-25-21(28)18-12-17(23-24-18)20-14(2)26-27(15(20)3)16-8-5-4-6-9-16/h4-12H,1-3H3,(H,23,24)(H,25,28)/b22-13+. The minimum absolute atomic E-state index is 0.342. The van der Waals surface area contributed by atoms with Gasteiger partial charge in [-0.1, -0.05) is 24.3 Å². The van der Waals surface area contributed by atoms with Crippen LogP contribution in [0.3, 0.4) is 0 Å². The number of thiophene rings is 1. The first-order valence-corrected chi connectivity index (χ1v) is 9.98. The molecule has 0 saturated heterocycles. The number of hydrogen-bond donors (Lipinski definition) is 2. The number of H-pyrrole nitrogens is 1. The average Bonchev–Trinajstić information content (AvgIpc) is 3.47. The van der Waals surface area contributed by atoms with Crippen LogP contribution >= 0.6 is 11.3 Å². The Bertz CT molecular complexity index is 1170. The lowest BCUT2D eigenvalue weighted by Gasteiger charge is -2.04. The predicted octanol–water partition coefficient (Wildman–Crippen LogP) is 4.09. The van der Waals surface area contributed by atoms with Crippen molar-refractivity contribution < 1.29 is 4.79 Å². The fraction of sp³-hybridized carbons (Fsp3) is 0.143. The molecule has 3 aromatic heterocycles. The van der Waals surface area contributed by atoms with Crippen LogP contribution in [-0.4, -0.2) is 31.6 Å². The maximum atomic E-state index is 12.5. The van der Waals surface area contributed by atoms with E-state index in [4.69, 9.17) is 0 Å². The van der Waals surface area contributed by atoms with E-state index in [0.29, 0.717) is 11.4 Å². The summed E-state index contributed by atoms with van der Waals surface area (Å²) < 4.78 is 1.88. The van der Waals surface area contributed by atoms with E-state index in [-0.39, 0.29) is 5.91 Å². The summed E-state index contributed by atoms with van der Waals surface area (Å²) in [5.74, 6) is -0.342. The third-order valence-electron chi connectivity index (χ3n) is 4.57. The summed E-state index contributed by atoms with van der Waals surface area (Å²) >= 11 is 1.57. The fourth-order valence-corrected chi connectivity index (χ4v) is 3.81. The molecule has 4 rings (SSSR count). The lowest BCUT2D eigenvalue weighted by Crippen LogP contribution is -2.19. The highest BCUT2D eigenvalue weighted by molar-refractivity contribution is 7.12. The molecule has 0 aliphatic rings. The van der Waals surface area contributed by atoms with E-state index >= 15 is 0 Å². The Kier molecular flexibility index (Phi) is 5.09. The molecule has 0 aliphatic heterocycles. The van der Waals surface area contributed by atoms with Gasteiger partial charge in [-0.2, -0.15) is 15.3 Å². The monoisotopic (exact) mass is 404 g/mol. The van der Waals surface area contributed by atoms with Crippen LogP contribution < -0.4 is 5.43 Å². The largest absolute Gasteiger partial charge is 0.289 e. The van der Waals surface area contributed by atoms with Gasteiger partial charge in [-0.15, -0.1) is 11.3 Å². The molecule has 2 N–H and O–H groups in total. The summed E-state index contributed by atoms with van der Waals surface area (Å²) in [7, 11) is 0. The minimum Gasteiger partial charge on any atom is -0.272 e. The van der Waals surface area contributed by atoms with Crippen molar-refractivity contribution in [3.8, 4) is 16.9 Å². The lowest BCUT2D eigenvalue weighted by atomic mass is 10.1. The number of benzene rings is 1. The van der Waals surface area contributed by atoms with E-state index in [1.54, 1.807) is 17.4 Å². The molecule has 0 fully saturated rings. The number of amides is 1. The minimum atomic E-state index is -0.342. The van der Waals surface area contributed by atoms with E-state index in [1.165, 1.54) is 0 Å². The van der Waals surface area contributed by atoms with Crippen molar-refractivity contribution in [1.82, 2.24) is 25.4 Å². The van der Waals surface area contributed by atoms with Crippen LogP contribution in [0.15, 0.2) is 59.0 Å². The smallest absolute Gasteiger partial charge is 0.272 e. The molecule has 0 atom stereocenters. The van der Waals surface area contributed by atoms with E-state index in [2.05, 4.69) is 25.8 Å². The van der Waals surface area contributed by atoms with Crippen LogP contribution in [0.2, 0.25) is 0 Å². The van der Waals surface area contributed by atoms with Crippen LogP contribution in [0.1, 0.15) is 33.7 Å². The Balaban J connectivity index is 1.57. The molecule has 0 radical (unpaired) electrons. The summed E-state index contributed by atoms with van der Waals surface area (Å²) in [6.45, 7) is 5.78. The summed E-state index contributed by atoms with van der Waals surface area (Å²) in [6.07, 6.45) is 0.